The molecule has 0 aromatic heterocycles. The van der Waals surface area contributed by atoms with Gasteiger partial charge in [0.05, 0.1) is 16.5 Å². The Morgan fingerprint density at radius 3 is 1.91 bits per heavy atom. The van der Waals surface area contributed by atoms with Gasteiger partial charge in [0.15, 0.2) is 0 Å². The summed E-state index contributed by atoms with van der Waals surface area (Å²) in [5.74, 6) is -0.669. The lowest BCUT2D eigenvalue weighted by Gasteiger charge is -2.26. The highest BCUT2D eigenvalue weighted by Crippen LogP contribution is 2.50. The van der Waals surface area contributed by atoms with Crippen molar-refractivity contribution in [3.63, 3.8) is 0 Å². The number of benzene rings is 2. The molecule has 0 spiro atoms. The van der Waals surface area contributed by atoms with Crippen molar-refractivity contribution in [1.82, 2.24) is 0 Å². The molecule has 0 amide bonds. The topological polar surface area (TPSA) is 52.6 Å². The number of carbonyl (C=O) groups excluding carboxylic acids is 1. The summed E-state index contributed by atoms with van der Waals surface area (Å²) in [6.07, 6.45) is 0. The largest absolute Gasteiger partial charge is 0.413 e. The predicted octanol–water partition coefficient (Wildman–Crippen LogP) is 4.18. The van der Waals surface area contributed by atoms with Gasteiger partial charge in [-0.25, -0.2) is 9.36 Å². The maximum Gasteiger partial charge on any atom is 0.413 e. The fraction of sp³-hybridized carbons (Fsp3) is 0.235. The zero-order valence-corrected chi connectivity index (χ0v) is 13.7. The monoisotopic (exact) mass is 318 g/mol. The summed E-state index contributed by atoms with van der Waals surface area (Å²) in [4.78, 5) is 12.2. The van der Waals surface area contributed by atoms with E-state index in [-0.39, 0.29) is 0 Å². The molecule has 116 valence electrons. The molecular formula is C17H19O4P. The lowest BCUT2D eigenvalue weighted by molar-refractivity contribution is 0.0621. The van der Waals surface area contributed by atoms with Crippen molar-refractivity contribution < 1.29 is 18.4 Å². The van der Waals surface area contributed by atoms with E-state index in [9.17, 15) is 9.36 Å². The average Bonchev–Trinajstić information content (AvgIpc) is 2.47. The van der Waals surface area contributed by atoms with Gasteiger partial charge in [-0.15, -0.1) is 0 Å². The van der Waals surface area contributed by atoms with Crippen LogP contribution in [0.15, 0.2) is 60.7 Å². The van der Waals surface area contributed by atoms with Crippen LogP contribution >= 0.6 is 7.60 Å². The van der Waals surface area contributed by atoms with E-state index in [1.54, 1.807) is 81.4 Å². The third-order valence-electron chi connectivity index (χ3n) is 2.68. The van der Waals surface area contributed by atoms with Crippen LogP contribution in [-0.4, -0.2) is 11.6 Å². The van der Waals surface area contributed by atoms with Crippen molar-refractivity contribution in [2.24, 2.45) is 0 Å². The van der Waals surface area contributed by atoms with Crippen LogP contribution in [0.1, 0.15) is 31.1 Å². The van der Waals surface area contributed by atoms with E-state index in [1.807, 2.05) is 0 Å². The lowest BCUT2D eigenvalue weighted by Crippen LogP contribution is -2.24. The van der Waals surface area contributed by atoms with Gasteiger partial charge < -0.3 is 4.52 Å². The number of carbonyl (C=O) groups is 1. The van der Waals surface area contributed by atoms with Crippen molar-refractivity contribution in [2.75, 3.05) is 0 Å². The Morgan fingerprint density at radius 2 is 1.41 bits per heavy atom. The molecule has 0 saturated heterocycles. The quantitative estimate of drug-likeness (QED) is 0.794. The van der Waals surface area contributed by atoms with Crippen LogP contribution in [-0.2, 0) is 13.6 Å². The van der Waals surface area contributed by atoms with Gasteiger partial charge in [0, 0.05) is 0 Å². The van der Waals surface area contributed by atoms with Crippen LogP contribution in [0.2, 0.25) is 0 Å². The Morgan fingerprint density at radius 1 is 0.909 bits per heavy atom. The Balaban J connectivity index is 2.34. The first-order valence-electron chi connectivity index (χ1n) is 6.96. The second-order valence-corrected chi connectivity index (χ2v) is 7.66. The molecule has 1 atom stereocenters. The fourth-order valence-electron chi connectivity index (χ4n) is 1.83. The van der Waals surface area contributed by atoms with Crippen LogP contribution < -0.4 is 5.30 Å². The molecular weight excluding hydrogens is 299 g/mol. The highest BCUT2D eigenvalue weighted by Gasteiger charge is 2.36. The SMILES string of the molecule is CC(C)(C)OP(=O)(OC(=O)c1ccccc1)c1ccccc1. The third kappa shape index (κ3) is 4.30. The summed E-state index contributed by atoms with van der Waals surface area (Å²) in [6, 6.07) is 16.9. The second kappa shape index (κ2) is 6.47. The van der Waals surface area contributed by atoms with Gasteiger partial charge in [0.2, 0.25) is 0 Å². The molecule has 1 unspecified atom stereocenters. The van der Waals surface area contributed by atoms with Crippen molar-refractivity contribution >= 4 is 18.9 Å². The first kappa shape index (κ1) is 16.5. The molecule has 5 heteroatoms. The molecule has 0 radical (unpaired) electrons. The maximum atomic E-state index is 13.1. The zero-order valence-electron chi connectivity index (χ0n) is 12.9. The van der Waals surface area contributed by atoms with Gasteiger partial charge in [-0.2, -0.15) is 0 Å². The molecule has 2 aromatic carbocycles. The summed E-state index contributed by atoms with van der Waals surface area (Å²) in [5.41, 5.74) is -0.390. The van der Waals surface area contributed by atoms with E-state index in [0.29, 0.717) is 10.9 Å². The zero-order chi connectivity index (χ0) is 16.2. The van der Waals surface area contributed by atoms with E-state index in [2.05, 4.69) is 0 Å². The average molecular weight is 318 g/mol. The first-order valence-corrected chi connectivity index (χ1v) is 8.50. The highest BCUT2D eigenvalue weighted by molar-refractivity contribution is 7.62. The van der Waals surface area contributed by atoms with E-state index >= 15 is 0 Å². The highest BCUT2D eigenvalue weighted by atomic mass is 31.2. The van der Waals surface area contributed by atoms with Crippen molar-refractivity contribution in [3.8, 4) is 0 Å². The number of hydrogen-bond acceptors (Lipinski definition) is 4. The molecule has 0 N–H and O–H groups in total. The van der Waals surface area contributed by atoms with Crippen LogP contribution in [0, 0.1) is 0 Å². The van der Waals surface area contributed by atoms with Gasteiger partial charge >= 0.3 is 13.6 Å². The molecule has 0 aliphatic rings. The van der Waals surface area contributed by atoms with Crippen molar-refractivity contribution in [3.05, 3.63) is 66.2 Å². The fourth-order valence-corrected chi connectivity index (χ4v) is 3.66. The Bertz CT molecular complexity index is 675. The van der Waals surface area contributed by atoms with E-state index in [1.165, 1.54) is 0 Å². The van der Waals surface area contributed by atoms with E-state index in [0.717, 1.165) is 0 Å². The van der Waals surface area contributed by atoms with Crippen LogP contribution in [0.4, 0.5) is 0 Å². The van der Waals surface area contributed by atoms with Crippen molar-refractivity contribution in [1.29, 1.82) is 0 Å². The van der Waals surface area contributed by atoms with Crippen LogP contribution in [0.3, 0.4) is 0 Å². The van der Waals surface area contributed by atoms with E-state index < -0.39 is 19.2 Å². The summed E-state index contributed by atoms with van der Waals surface area (Å²) in [7, 11) is -3.76. The molecule has 0 aliphatic carbocycles. The minimum atomic E-state index is -3.76. The van der Waals surface area contributed by atoms with Gasteiger partial charge in [-0.3, -0.25) is 4.52 Å². The molecule has 0 heterocycles. The molecule has 0 saturated carbocycles. The van der Waals surface area contributed by atoms with Crippen LogP contribution in [0.5, 0.6) is 0 Å². The van der Waals surface area contributed by atoms with Gasteiger partial charge in [0.1, 0.15) is 0 Å². The van der Waals surface area contributed by atoms with Crippen LogP contribution in [0.25, 0.3) is 0 Å². The summed E-state index contributed by atoms with van der Waals surface area (Å²) >= 11 is 0. The Kier molecular flexibility index (Phi) is 4.84. The third-order valence-corrected chi connectivity index (χ3v) is 4.80. The van der Waals surface area contributed by atoms with Gasteiger partial charge in [-0.1, -0.05) is 36.4 Å². The summed E-state index contributed by atoms with van der Waals surface area (Å²) in [6.45, 7) is 5.29. The second-order valence-electron chi connectivity index (χ2n) is 5.78. The molecule has 22 heavy (non-hydrogen) atoms. The Labute approximate surface area is 130 Å². The van der Waals surface area contributed by atoms with Gasteiger partial charge in [-0.05, 0) is 45.0 Å². The van der Waals surface area contributed by atoms with E-state index in [4.69, 9.17) is 9.05 Å². The minimum Gasteiger partial charge on any atom is -0.385 e. The summed E-state index contributed by atoms with van der Waals surface area (Å²) in [5, 5.41) is 0.356. The predicted molar refractivity (Wildman–Crippen MR) is 86.4 cm³/mol. The first-order chi connectivity index (χ1) is 10.3. The number of hydrogen-bond donors (Lipinski definition) is 0. The molecule has 4 nitrogen and oxygen atoms in total. The smallest absolute Gasteiger partial charge is 0.385 e. The standard InChI is InChI=1S/C17H19O4P/c1-17(2,3)21-22(19,15-12-8-5-9-13-15)20-16(18)14-10-6-4-7-11-14/h4-13H,1-3H3. The van der Waals surface area contributed by atoms with Gasteiger partial charge in [0.25, 0.3) is 0 Å². The molecule has 2 rings (SSSR count). The molecule has 0 aliphatic heterocycles. The molecule has 0 fully saturated rings. The maximum absolute atomic E-state index is 13.1. The molecule has 0 bridgehead atoms. The van der Waals surface area contributed by atoms with Crippen molar-refractivity contribution in [2.45, 2.75) is 26.4 Å². The Hall–Kier alpha value is -1.90. The minimum absolute atomic E-state index is 0.330. The number of rotatable bonds is 4. The normalized spacial score (nSPS) is 14.1. The summed E-state index contributed by atoms with van der Waals surface area (Å²) < 4.78 is 24.0. The lowest BCUT2D eigenvalue weighted by atomic mass is 10.2. The molecule has 2 aromatic rings.